The summed E-state index contributed by atoms with van der Waals surface area (Å²) in [6, 6.07) is 0. The Morgan fingerprint density at radius 3 is 1.65 bits per heavy atom. The van der Waals surface area contributed by atoms with E-state index in [4.69, 9.17) is 4.74 Å². The van der Waals surface area contributed by atoms with Gasteiger partial charge in [0.1, 0.15) is 0 Å². The number of carboxylic acids is 1. The Labute approximate surface area is 122 Å². The molecule has 1 N–H and O–H groups in total. The van der Waals surface area contributed by atoms with Crippen LogP contribution in [-0.2, 0) is 14.3 Å². The largest absolute Gasteiger partial charge is 0.481 e. The van der Waals surface area contributed by atoms with Crippen LogP contribution >= 0.6 is 0 Å². The van der Waals surface area contributed by atoms with E-state index in [1.54, 1.807) is 13.8 Å². The number of esters is 1. The van der Waals surface area contributed by atoms with Crippen LogP contribution in [0.25, 0.3) is 0 Å². The van der Waals surface area contributed by atoms with Crippen molar-refractivity contribution in [2.75, 3.05) is 6.61 Å². The fourth-order valence-corrected chi connectivity index (χ4v) is 3.46. The maximum atomic E-state index is 12.4. The van der Waals surface area contributed by atoms with Crippen LogP contribution in [0.3, 0.4) is 0 Å². The third kappa shape index (κ3) is 3.15. The zero-order chi connectivity index (χ0) is 16.3. The molecule has 0 saturated carbocycles. The number of rotatable bonds is 7. The third-order valence-corrected chi connectivity index (χ3v) is 4.27. The first kappa shape index (κ1) is 18.9. The average Bonchev–Trinajstić information content (AvgIpc) is 2.23. The molecule has 0 aliphatic rings. The lowest BCUT2D eigenvalue weighted by Crippen LogP contribution is -2.56. The highest BCUT2D eigenvalue weighted by Gasteiger charge is 2.60. The molecule has 0 radical (unpaired) electrons. The Morgan fingerprint density at radius 1 is 1.00 bits per heavy atom. The number of carbonyl (C=O) groups is 2. The van der Waals surface area contributed by atoms with Gasteiger partial charge in [-0.05, 0) is 31.6 Å². The van der Waals surface area contributed by atoms with Crippen LogP contribution in [0.5, 0.6) is 0 Å². The Bertz CT molecular complexity index is 345. The van der Waals surface area contributed by atoms with Crippen molar-refractivity contribution in [1.82, 2.24) is 0 Å². The van der Waals surface area contributed by atoms with E-state index in [2.05, 4.69) is 0 Å². The molecule has 0 aromatic heterocycles. The highest BCUT2D eigenvalue weighted by Crippen LogP contribution is 2.51. The molecular weight excluding hydrogens is 256 g/mol. The smallest absolute Gasteiger partial charge is 0.312 e. The van der Waals surface area contributed by atoms with Gasteiger partial charge in [-0.15, -0.1) is 0 Å². The van der Waals surface area contributed by atoms with E-state index in [1.807, 2.05) is 41.5 Å². The number of hydrogen-bond acceptors (Lipinski definition) is 3. The van der Waals surface area contributed by atoms with Gasteiger partial charge in [0.2, 0.25) is 0 Å². The summed E-state index contributed by atoms with van der Waals surface area (Å²) in [7, 11) is 0. The summed E-state index contributed by atoms with van der Waals surface area (Å²) in [4.78, 5) is 24.4. The molecule has 20 heavy (non-hydrogen) atoms. The summed E-state index contributed by atoms with van der Waals surface area (Å²) in [5.74, 6) is -1.50. The van der Waals surface area contributed by atoms with Crippen molar-refractivity contribution in [3.63, 3.8) is 0 Å². The molecule has 0 bridgehead atoms. The first-order valence-electron chi connectivity index (χ1n) is 7.32. The lowest BCUT2D eigenvalue weighted by atomic mass is 9.54. The molecule has 0 saturated heterocycles. The Balaban J connectivity index is 5.66. The van der Waals surface area contributed by atoms with Crippen LogP contribution in [0.15, 0.2) is 0 Å². The normalized spacial score (nSPS) is 13.2. The second kappa shape index (κ2) is 6.59. The predicted octanol–water partition coefficient (Wildman–Crippen LogP) is 3.59. The van der Waals surface area contributed by atoms with E-state index in [0.29, 0.717) is 6.61 Å². The topological polar surface area (TPSA) is 63.6 Å². The molecule has 0 unspecified atom stereocenters. The Kier molecular flexibility index (Phi) is 6.25. The molecule has 0 aliphatic carbocycles. The number of carboxylic acid groups (broad SMARTS) is 1. The summed E-state index contributed by atoms with van der Waals surface area (Å²) in [6.07, 6.45) is 0. The molecule has 0 spiro atoms. The van der Waals surface area contributed by atoms with Crippen molar-refractivity contribution in [3.05, 3.63) is 0 Å². The van der Waals surface area contributed by atoms with E-state index in [9.17, 15) is 14.7 Å². The fraction of sp³-hybridized carbons (Fsp3) is 0.875. The van der Waals surface area contributed by atoms with Crippen LogP contribution in [0.2, 0.25) is 0 Å². The molecule has 0 aliphatic heterocycles. The zero-order valence-electron chi connectivity index (χ0n) is 14.1. The summed E-state index contributed by atoms with van der Waals surface area (Å²) in [5.41, 5.74) is -2.24. The van der Waals surface area contributed by atoms with Crippen LogP contribution in [0.1, 0.15) is 55.4 Å². The van der Waals surface area contributed by atoms with Crippen molar-refractivity contribution in [1.29, 1.82) is 0 Å². The standard InChI is InChI=1S/C16H30O4/c1-10(2)9-20-14(19)15(7,8)16(11(3)4,12(5)6)13(17)18/h10-12H,9H2,1-8H3,(H,17,18). The molecular formula is C16H30O4. The maximum Gasteiger partial charge on any atom is 0.312 e. The highest BCUT2D eigenvalue weighted by molar-refractivity contribution is 5.87. The van der Waals surface area contributed by atoms with Gasteiger partial charge in [-0.1, -0.05) is 41.5 Å². The first-order valence-corrected chi connectivity index (χ1v) is 7.32. The zero-order valence-corrected chi connectivity index (χ0v) is 14.1. The van der Waals surface area contributed by atoms with Gasteiger partial charge in [-0.2, -0.15) is 0 Å². The first-order chi connectivity index (χ1) is 8.92. The minimum absolute atomic E-state index is 0.179. The van der Waals surface area contributed by atoms with Crippen molar-refractivity contribution < 1.29 is 19.4 Å². The van der Waals surface area contributed by atoms with E-state index >= 15 is 0 Å². The molecule has 0 rings (SSSR count). The van der Waals surface area contributed by atoms with Gasteiger partial charge >= 0.3 is 11.9 Å². The van der Waals surface area contributed by atoms with Gasteiger partial charge in [0.15, 0.2) is 0 Å². The van der Waals surface area contributed by atoms with Crippen molar-refractivity contribution >= 4 is 11.9 Å². The molecule has 4 heteroatoms. The number of ether oxygens (including phenoxy) is 1. The summed E-state index contributed by atoms with van der Waals surface area (Å²) < 4.78 is 5.32. The van der Waals surface area contributed by atoms with Crippen LogP contribution < -0.4 is 0 Å². The quantitative estimate of drug-likeness (QED) is 0.726. The van der Waals surface area contributed by atoms with Gasteiger partial charge in [-0.25, -0.2) is 0 Å². The molecule has 0 aromatic carbocycles. The highest BCUT2D eigenvalue weighted by atomic mass is 16.5. The molecule has 0 heterocycles. The van der Waals surface area contributed by atoms with Crippen molar-refractivity contribution in [2.24, 2.45) is 28.6 Å². The van der Waals surface area contributed by atoms with E-state index in [-0.39, 0.29) is 17.8 Å². The summed E-state index contributed by atoms with van der Waals surface area (Å²) >= 11 is 0. The van der Waals surface area contributed by atoms with Gasteiger partial charge in [0, 0.05) is 0 Å². The minimum atomic E-state index is -1.15. The number of aliphatic carboxylic acids is 1. The molecule has 4 nitrogen and oxygen atoms in total. The van der Waals surface area contributed by atoms with Gasteiger partial charge in [0.05, 0.1) is 17.4 Å². The van der Waals surface area contributed by atoms with E-state index in [0.717, 1.165) is 0 Å². The van der Waals surface area contributed by atoms with Crippen LogP contribution in [-0.4, -0.2) is 23.7 Å². The second-order valence-electron chi connectivity index (χ2n) is 7.10. The van der Waals surface area contributed by atoms with Crippen molar-refractivity contribution in [3.8, 4) is 0 Å². The number of hydrogen-bond donors (Lipinski definition) is 1. The molecule has 0 amide bonds. The molecule has 0 fully saturated rings. The Hall–Kier alpha value is -1.06. The lowest BCUT2D eigenvalue weighted by molar-refractivity contribution is -0.186. The van der Waals surface area contributed by atoms with Crippen LogP contribution in [0.4, 0.5) is 0 Å². The molecule has 0 atom stereocenters. The predicted molar refractivity (Wildman–Crippen MR) is 79.3 cm³/mol. The molecule has 0 aromatic rings. The average molecular weight is 286 g/mol. The monoisotopic (exact) mass is 286 g/mol. The van der Waals surface area contributed by atoms with E-state index < -0.39 is 22.8 Å². The SMILES string of the molecule is CC(C)COC(=O)C(C)(C)C(C(=O)O)(C(C)C)C(C)C. The lowest BCUT2D eigenvalue weighted by Gasteiger charge is -2.47. The van der Waals surface area contributed by atoms with Gasteiger partial charge < -0.3 is 9.84 Å². The summed E-state index contributed by atoms with van der Waals surface area (Å²) in [6.45, 7) is 15.0. The molecule has 118 valence electrons. The Morgan fingerprint density at radius 2 is 1.40 bits per heavy atom. The van der Waals surface area contributed by atoms with Gasteiger partial charge in [0.25, 0.3) is 0 Å². The minimum Gasteiger partial charge on any atom is -0.481 e. The number of carbonyl (C=O) groups excluding carboxylic acids is 1. The summed E-state index contributed by atoms with van der Waals surface area (Å²) in [5, 5.41) is 9.82. The third-order valence-electron chi connectivity index (χ3n) is 4.27. The second-order valence-corrected chi connectivity index (χ2v) is 7.10. The van der Waals surface area contributed by atoms with Crippen molar-refractivity contribution in [2.45, 2.75) is 55.4 Å². The van der Waals surface area contributed by atoms with Gasteiger partial charge in [-0.3, -0.25) is 9.59 Å². The fourth-order valence-electron chi connectivity index (χ4n) is 3.46. The van der Waals surface area contributed by atoms with Crippen LogP contribution in [0, 0.1) is 28.6 Å². The van der Waals surface area contributed by atoms with E-state index in [1.165, 1.54) is 0 Å². The maximum absolute atomic E-state index is 12.4.